The molecule has 88 valence electrons. The number of carboxylic acids is 1. The minimum absolute atomic E-state index is 0.134. The van der Waals surface area contributed by atoms with E-state index in [-0.39, 0.29) is 6.42 Å². The van der Waals surface area contributed by atoms with Crippen LogP contribution in [0, 0.1) is 6.92 Å². The molecule has 1 aromatic rings. The molecule has 0 aliphatic heterocycles. The van der Waals surface area contributed by atoms with Crippen LogP contribution in [0.2, 0.25) is 5.02 Å². The van der Waals surface area contributed by atoms with E-state index < -0.39 is 5.97 Å². The van der Waals surface area contributed by atoms with E-state index in [9.17, 15) is 4.79 Å². The summed E-state index contributed by atoms with van der Waals surface area (Å²) in [6.07, 6.45) is -0.134. The third kappa shape index (κ3) is 2.39. The Morgan fingerprint density at radius 2 is 2.06 bits per heavy atom. The first-order valence-electron chi connectivity index (χ1n) is 4.63. The standard InChI is InChI=1S/C11H13ClO4/c1-6-7(4-10(13)14)8(12)5-9(15-2)11(6)16-3/h5H,4H2,1-3H3,(H,13,14). The highest BCUT2D eigenvalue weighted by Gasteiger charge is 2.17. The summed E-state index contributed by atoms with van der Waals surface area (Å²) in [5.74, 6) is 0.0829. The Hall–Kier alpha value is -1.42. The van der Waals surface area contributed by atoms with Crippen molar-refractivity contribution in [3.05, 3.63) is 22.2 Å². The number of aliphatic carboxylic acids is 1. The van der Waals surface area contributed by atoms with Gasteiger partial charge in [-0.25, -0.2) is 0 Å². The van der Waals surface area contributed by atoms with Crippen molar-refractivity contribution in [2.24, 2.45) is 0 Å². The van der Waals surface area contributed by atoms with Crippen LogP contribution >= 0.6 is 11.6 Å². The molecular weight excluding hydrogens is 232 g/mol. The van der Waals surface area contributed by atoms with Crippen LogP contribution in [0.3, 0.4) is 0 Å². The van der Waals surface area contributed by atoms with Gasteiger partial charge >= 0.3 is 5.97 Å². The van der Waals surface area contributed by atoms with Gasteiger partial charge in [-0.1, -0.05) is 11.6 Å². The van der Waals surface area contributed by atoms with Crippen LogP contribution in [-0.2, 0) is 11.2 Å². The van der Waals surface area contributed by atoms with E-state index in [1.165, 1.54) is 14.2 Å². The third-order valence-electron chi connectivity index (χ3n) is 2.32. The summed E-state index contributed by atoms with van der Waals surface area (Å²) < 4.78 is 10.3. The highest BCUT2D eigenvalue weighted by molar-refractivity contribution is 6.31. The summed E-state index contributed by atoms with van der Waals surface area (Å²) >= 11 is 5.99. The zero-order valence-corrected chi connectivity index (χ0v) is 10.1. The van der Waals surface area contributed by atoms with Gasteiger partial charge in [0.2, 0.25) is 0 Å². The van der Waals surface area contributed by atoms with E-state index in [2.05, 4.69) is 0 Å². The Labute approximate surface area is 98.7 Å². The minimum atomic E-state index is -0.933. The van der Waals surface area contributed by atoms with Crippen molar-refractivity contribution in [2.45, 2.75) is 13.3 Å². The van der Waals surface area contributed by atoms with Crippen LogP contribution in [0.1, 0.15) is 11.1 Å². The fourth-order valence-electron chi connectivity index (χ4n) is 1.54. The van der Waals surface area contributed by atoms with Gasteiger partial charge in [-0.05, 0) is 12.5 Å². The van der Waals surface area contributed by atoms with Gasteiger partial charge in [-0.3, -0.25) is 4.79 Å². The van der Waals surface area contributed by atoms with Crippen LogP contribution in [-0.4, -0.2) is 25.3 Å². The zero-order chi connectivity index (χ0) is 12.3. The number of ether oxygens (including phenoxy) is 2. The maximum atomic E-state index is 10.7. The first-order chi connectivity index (χ1) is 7.51. The van der Waals surface area contributed by atoms with Crippen molar-refractivity contribution in [3.63, 3.8) is 0 Å². The van der Waals surface area contributed by atoms with Crippen LogP contribution in [0.25, 0.3) is 0 Å². The normalized spacial score (nSPS) is 10.0. The van der Waals surface area contributed by atoms with Gasteiger partial charge in [0.1, 0.15) is 0 Å². The molecule has 0 amide bonds. The van der Waals surface area contributed by atoms with Gasteiger partial charge in [-0.15, -0.1) is 0 Å². The average molecular weight is 245 g/mol. The highest BCUT2D eigenvalue weighted by Crippen LogP contribution is 2.37. The topological polar surface area (TPSA) is 55.8 Å². The van der Waals surface area contributed by atoms with E-state index in [1.807, 2.05) is 0 Å². The monoisotopic (exact) mass is 244 g/mol. The van der Waals surface area contributed by atoms with Crippen molar-refractivity contribution < 1.29 is 19.4 Å². The largest absolute Gasteiger partial charge is 0.493 e. The second kappa shape index (κ2) is 5.07. The maximum absolute atomic E-state index is 10.7. The second-order valence-corrected chi connectivity index (χ2v) is 3.68. The van der Waals surface area contributed by atoms with E-state index >= 15 is 0 Å². The summed E-state index contributed by atoms with van der Waals surface area (Å²) in [6, 6.07) is 1.56. The molecule has 0 bridgehead atoms. The Balaban J connectivity index is 3.34. The lowest BCUT2D eigenvalue weighted by atomic mass is 10.0. The number of carbonyl (C=O) groups is 1. The molecule has 0 fully saturated rings. The molecule has 0 radical (unpaired) electrons. The Morgan fingerprint density at radius 3 is 2.50 bits per heavy atom. The van der Waals surface area contributed by atoms with Crippen molar-refractivity contribution in [1.82, 2.24) is 0 Å². The number of benzene rings is 1. The molecule has 1 aromatic carbocycles. The van der Waals surface area contributed by atoms with Crippen molar-refractivity contribution >= 4 is 17.6 Å². The Morgan fingerprint density at radius 1 is 1.44 bits per heavy atom. The number of halogens is 1. The Kier molecular flexibility index (Phi) is 4.01. The first-order valence-corrected chi connectivity index (χ1v) is 5.00. The van der Waals surface area contributed by atoms with Gasteiger partial charge in [0.05, 0.1) is 20.6 Å². The molecule has 0 atom stereocenters. The smallest absolute Gasteiger partial charge is 0.307 e. The molecule has 0 unspecified atom stereocenters. The van der Waals surface area contributed by atoms with Crippen molar-refractivity contribution in [2.75, 3.05) is 14.2 Å². The lowest BCUT2D eigenvalue weighted by molar-refractivity contribution is -0.136. The summed E-state index contributed by atoms with van der Waals surface area (Å²) in [6.45, 7) is 1.76. The van der Waals surface area contributed by atoms with E-state index in [0.717, 1.165) is 0 Å². The summed E-state index contributed by atoms with van der Waals surface area (Å²) in [7, 11) is 3.01. The number of hydrogen-bond acceptors (Lipinski definition) is 3. The summed E-state index contributed by atoms with van der Waals surface area (Å²) in [5.41, 5.74) is 1.24. The van der Waals surface area contributed by atoms with Crippen LogP contribution in [0.5, 0.6) is 11.5 Å². The fraction of sp³-hybridized carbons (Fsp3) is 0.364. The first kappa shape index (κ1) is 12.6. The molecule has 0 aliphatic carbocycles. The molecule has 0 heterocycles. The molecule has 0 aliphatic rings. The number of rotatable bonds is 4. The molecule has 0 saturated heterocycles. The molecule has 0 saturated carbocycles. The average Bonchev–Trinajstić information content (AvgIpc) is 2.23. The third-order valence-corrected chi connectivity index (χ3v) is 2.65. The van der Waals surface area contributed by atoms with Crippen molar-refractivity contribution in [3.8, 4) is 11.5 Å². The molecular formula is C11H13ClO4. The quantitative estimate of drug-likeness (QED) is 0.883. The highest BCUT2D eigenvalue weighted by atomic mass is 35.5. The van der Waals surface area contributed by atoms with Gasteiger partial charge < -0.3 is 14.6 Å². The van der Waals surface area contributed by atoms with E-state index in [4.69, 9.17) is 26.2 Å². The summed E-state index contributed by atoms with van der Waals surface area (Å²) in [5, 5.41) is 9.15. The molecule has 0 spiro atoms. The lowest BCUT2D eigenvalue weighted by Gasteiger charge is -2.14. The second-order valence-electron chi connectivity index (χ2n) is 3.27. The van der Waals surface area contributed by atoms with E-state index in [1.54, 1.807) is 13.0 Å². The minimum Gasteiger partial charge on any atom is -0.493 e. The Bertz CT molecular complexity index is 415. The summed E-state index contributed by atoms with van der Waals surface area (Å²) in [4.78, 5) is 10.7. The van der Waals surface area contributed by atoms with Gasteiger partial charge in [-0.2, -0.15) is 0 Å². The van der Waals surface area contributed by atoms with Crippen LogP contribution in [0.4, 0.5) is 0 Å². The molecule has 1 N–H and O–H groups in total. The van der Waals surface area contributed by atoms with E-state index in [0.29, 0.717) is 27.6 Å². The predicted octanol–water partition coefficient (Wildman–Crippen LogP) is 2.29. The molecule has 16 heavy (non-hydrogen) atoms. The molecule has 5 heteroatoms. The van der Waals surface area contributed by atoms with Gasteiger partial charge in [0.15, 0.2) is 11.5 Å². The van der Waals surface area contributed by atoms with Crippen molar-refractivity contribution in [1.29, 1.82) is 0 Å². The van der Waals surface area contributed by atoms with Crippen LogP contribution in [0.15, 0.2) is 6.07 Å². The number of methoxy groups -OCH3 is 2. The van der Waals surface area contributed by atoms with Gasteiger partial charge in [0.25, 0.3) is 0 Å². The number of hydrogen-bond donors (Lipinski definition) is 1. The van der Waals surface area contributed by atoms with Crippen LogP contribution < -0.4 is 9.47 Å². The number of carboxylic acid groups (broad SMARTS) is 1. The predicted molar refractivity (Wildman–Crippen MR) is 60.6 cm³/mol. The molecule has 1 rings (SSSR count). The maximum Gasteiger partial charge on any atom is 0.307 e. The molecule has 0 aromatic heterocycles. The zero-order valence-electron chi connectivity index (χ0n) is 9.33. The lowest BCUT2D eigenvalue weighted by Crippen LogP contribution is -2.05. The SMILES string of the molecule is COc1cc(Cl)c(CC(=O)O)c(C)c1OC. The molecule has 4 nitrogen and oxygen atoms in total. The fourth-order valence-corrected chi connectivity index (χ4v) is 1.85. The van der Waals surface area contributed by atoms with Gasteiger partial charge in [0, 0.05) is 16.7 Å².